The number of aliphatic carboxylic acids is 2. The van der Waals surface area contributed by atoms with E-state index in [1.165, 1.54) is 12.1 Å². The van der Waals surface area contributed by atoms with Crippen LogP contribution in [0.15, 0.2) is 54.6 Å². The molecule has 15 heteroatoms. The highest BCUT2D eigenvalue weighted by atomic mass is 19.4. The van der Waals surface area contributed by atoms with E-state index in [9.17, 15) is 35.5 Å². The Kier molecular flexibility index (Phi) is 12.1. The van der Waals surface area contributed by atoms with Gasteiger partial charge in [-0.1, -0.05) is 18.2 Å². The molecule has 0 radical (unpaired) electrons. The van der Waals surface area contributed by atoms with Gasteiger partial charge in [0.1, 0.15) is 17.7 Å². The molecular weight excluding hydrogens is 569 g/mol. The highest BCUT2D eigenvalue weighted by Gasteiger charge is 2.39. The van der Waals surface area contributed by atoms with Crippen molar-refractivity contribution in [3.63, 3.8) is 0 Å². The second-order valence-corrected chi connectivity index (χ2v) is 8.98. The number of alkyl halides is 6. The number of carbonyl (C=O) groups is 3. The van der Waals surface area contributed by atoms with Crippen LogP contribution in [-0.2, 0) is 9.59 Å². The highest BCUT2D eigenvalue weighted by molar-refractivity contribution is 5.97. The summed E-state index contributed by atoms with van der Waals surface area (Å²) in [6.07, 6.45) is -8.37. The maximum Gasteiger partial charge on any atom is 0.490 e. The van der Waals surface area contributed by atoms with E-state index in [1.54, 1.807) is 12.1 Å². The van der Waals surface area contributed by atoms with Crippen molar-refractivity contribution in [3.05, 3.63) is 66.0 Å². The van der Waals surface area contributed by atoms with Crippen molar-refractivity contribution in [1.82, 2.24) is 10.2 Å². The third kappa shape index (κ3) is 11.0. The van der Waals surface area contributed by atoms with Gasteiger partial charge in [0.05, 0.1) is 6.04 Å². The lowest BCUT2D eigenvalue weighted by molar-refractivity contribution is -0.193. The summed E-state index contributed by atoms with van der Waals surface area (Å²) in [5.74, 6) is -4.76. The maximum absolute atomic E-state index is 13.1. The Balaban J connectivity index is 0.000000349. The van der Waals surface area contributed by atoms with Gasteiger partial charge in [-0.15, -0.1) is 0 Å². The van der Waals surface area contributed by atoms with E-state index >= 15 is 0 Å². The summed E-state index contributed by atoms with van der Waals surface area (Å²) in [6, 6.07) is 16.2. The van der Waals surface area contributed by atoms with Crippen molar-refractivity contribution < 1.29 is 60.1 Å². The van der Waals surface area contributed by atoms with Crippen LogP contribution in [0.5, 0.6) is 5.75 Å². The molecule has 0 amide bonds. The number of hydrogen-bond donors (Lipinski definition) is 3. The van der Waals surface area contributed by atoms with Crippen molar-refractivity contribution in [2.75, 3.05) is 26.2 Å². The van der Waals surface area contributed by atoms with Crippen molar-refractivity contribution in [3.8, 4) is 5.75 Å². The second-order valence-electron chi connectivity index (χ2n) is 8.98. The predicted molar refractivity (Wildman–Crippen MR) is 130 cm³/mol. The molecule has 2 fully saturated rings. The van der Waals surface area contributed by atoms with Gasteiger partial charge in [0, 0.05) is 24.6 Å². The molecule has 2 aromatic carbocycles. The molecular formula is C26H27F7N2O6. The number of benzene rings is 2. The van der Waals surface area contributed by atoms with Gasteiger partial charge in [-0.05, 0) is 62.3 Å². The molecule has 0 aliphatic carbocycles. The lowest BCUT2D eigenvalue weighted by Crippen LogP contribution is -2.49. The number of nitrogens with zero attached hydrogens (tertiary/aromatic N) is 1. The first-order valence-corrected chi connectivity index (χ1v) is 12.2. The minimum absolute atomic E-state index is 0.0227. The Morgan fingerprint density at radius 2 is 1.29 bits per heavy atom. The molecule has 2 atom stereocenters. The van der Waals surface area contributed by atoms with Gasteiger partial charge in [0.2, 0.25) is 0 Å². The number of hydrogen-bond acceptors (Lipinski definition) is 6. The number of carboxylic acids is 2. The van der Waals surface area contributed by atoms with Crippen molar-refractivity contribution >= 4 is 17.7 Å². The van der Waals surface area contributed by atoms with Gasteiger partial charge < -0.3 is 20.3 Å². The third-order valence-corrected chi connectivity index (χ3v) is 6.14. The third-order valence-electron chi connectivity index (χ3n) is 6.14. The van der Waals surface area contributed by atoms with Gasteiger partial charge >= 0.3 is 24.3 Å². The molecule has 2 aliphatic heterocycles. The van der Waals surface area contributed by atoms with E-state index in [2.05, 4.69) is 10.2 Å². The summed E-state index contributed by atoms with van der Waals surface area (Å²) >= 11 is 0. The van der Waals surface area contributed by atoms with Gasteiger partial charge in [0.25, 0.3) is 0 Å². The highest BCUT2D eigenvalue weighted by Crippen LogP contribution is 2.26. The molecule has 2 aromatic rings. The molecule has 4 rings (SSSR count). The van der Waals surface area contributed by atoms with Crippen LogP contribution >= 0.6 is 0 Å². The number of carbonyl (C=O) groups excluding carboxylic acids is 1. The number of ketones is 1. The number of halogens is 7. The van der Waals surface area contributed by atoms with E-state index in [0.29, 0.717) is 11.6 Å². The van der Waals surface area contributed by atoms with Gasteiger partial charge in [0.15, 0.2) is 5.78 Å². The first kappa shape index (κ1) is 33.5. The Labute approximate surface area is 229 Å². The Bertz CT molecular complexity index is 1110. The number of nitrogens with one attached hydrogen (secondary N) is 1. The molecule has 0 aromatic heterocycles. The Morgan fingerprint density at radius 3 is 1.76 bits per heavy atom. The molecule has 41 heavy (non-hydrogen) atoms. The molecule has 3 N–H and O–H groups in total. The summed E-state index contributed by atoms with van der Waals surface area (Å²) in [6.45, 7) is 3.53. The van der Waals surface area contributed by atoms with Crippen LogP contribution in [0.4, 0.5) is 30.7 Å². The molecule has 2 heterocycles. The number of rotatable bonds is 5. The van der Waals surface area contributed by atoms with Gasteiger partial charge in [-0.3, -0.25) is 9.69 Å². The largest absolute Gasteiger partial charge is 0.490 e. The zero-order valence-corrected chi connectivity index (χ0v) is 21.3. The molecule has 2 saturated heterocycles. The monoisotopic (exact) mass is 596 g/mol. The predicted octanol–water partition coefficient (Wildman–Crippen LogP) is 4.41. The number of carboxylic acid groups (broad SMARTS) is 2. The normalized spacial score (nSPS) is 19.7. The number of ether oxygens (including phenoxy) is 1. The molecule has 1 unspecified atom stereocenters. The fourth-order valence-corrected chi connectivity index (χ4v) is 4.14. The molecule has 8 nitrogen and oxygen atoms in total. The van der Waals surface area contributed by atoms with Crippen LogP contribution < -0.4 is 10.1 Å². The Morgan fingerprint density at radius 1 is 0.805 bits per heavy atom. The van der Waals surface area contributed by atoms with Crippen LogP contribution in [0.1, 0.15) is 23.2 Å². The molecule has 2 aliphatic rings. The van der Waals surface area contributed by atoms with E-state index in [-0.39, 0.29) is 23.6 Å². The standard InChI is InChI=1S/C22H25FN2O2.2C2HF3O2/c23-18-8-6-16(7-9-18)22(26)17-10-12-25(13-11-17)20-14-24-15-21(20)27-19-4-2-1-3-5-19;2*3-2(4,5)1(6)7/h1-9,17,20-21,24H,10-15H2;2*(H,6,7)/t20-,21?;;/m0../s1. The zero-order chi connectivity index (χ0) is 30.8. The second kappa shape index (κ2) is 14.8. The van der Waals surface area contributed by atoms with Crippen LogP contribution in [-0.4, -0.2) is 83.5 Å². The summed E-state index contributed by atoms with van der Waals surface area (Å²) in [5.41, 5.74) is 0.614. The van der Waals surface area contributed by atoms with Crippen LogP contribution in [0.2, 0.25) is 0 Å². The van der Waals surface area contributed by atoms with Crippen molar-refractivity contribution in [2.45, 2.75) is 37.3 Å². The average Bonchev–Trinajstić information content (AvgIpc) is 3.37. The summed E-state index contributed by atoms with van der Waals surface area (Å²) in [5, 5.41) is 17.7. The fraction of sp³-hybridized carbons (Fsp3) is 0.423. The minimum atomic E-state index is -5.08. The lowest BCUT2D eigenvalue weighted by atomic mass is 9.88. The fourth-order valence-electron chi connectivity index (χ4n) is 4.14. The van der Waals surface area contributed by atoms with Crippen molar-refractivity contribution in [2.24, 2.45) is 5.92 Å². The quantitative estimate of drug-likeness (QED) is 0.344. The number of likely N-dealkylation sites (tertiary alicyclic amines) is 1. The lowest BCUT2D eigenvalue weighted by Gasteiger charge is -2.37. The summed E-state index contributed by atoms with van der Waals surface area (Å²) in [7, 11) is 0. The van der Waals surface area contributed by atoms with Gasteiger partial charge in [-0.2, -0.15) is 26.3 Å². The SMILES string of the molecule is O=C(O)C(F)(F)F.O=C(O)C(F)(F)F.O=C(c1ccc(F)cc1)C1CCN([C@H]2CNCC2Oc2ccccc2)CC1. The summed E-state index contributed by atoms with van der Waals surface area (Å²) < 4.78 is 82.7. The molecule has 0 bridgehead atoms. The first-order chi connectivity index (χ1) is 19.1. The topological polar surface area (TPSA) is 116 Å². The van der Waals surface area contributed by atoms with E-state index < -0.39 is 24.3 Å². The van der Waals surface area contributed by atoms with Gasteiger partial charge in [-0.25, -0.2) is 14.0 Å². The number of para-hydroxylation sites is 1. The molecule has 226 valence electrons. The van der Waals surface area contributed by atoms with Crippen LogP contribution in [0.3, 0.4) is 0 Å². The maximum atomic E-state index is 13.1. The molecule has 0 spiro atoms. The van der Waals surface area contributed by atoms with Crippen molar-refractivity contribution in [1.29, 1.82) is 0 Å². The van der Waals surface area contributed by atoms with E-state index in [0.717, 1.165) is 44.8 Å². The Hall–Kier alpha value is -3.72. The van der Waals surface area contributed by atoms with E-state index in [4.69, 9.17) is 24.5 Å². The number of Topliss-reactive ketones (excluding diaryl/α,β-unsaturated/α-hetero) is 1. The minimum Gasteiger partial charge on any atom is -0.487 e. The van der Waals surface area contributed by atoms with Crippen LogP contribution in [0.25, 0.3) is 0 Å². The summed E-state index contributed by atoms with van der Waals surface area (Å²) in [4.78, 5) is 32.9. The number of piperidine rings is 1. The first-order valence-electron chi connectivity index (χ1n) is 12.2. The zero-order valence-electron chi connectivity index (χ0n) is 21.3. The van der Waals surface area contributed by atoms with E-state index in [1.807, 2.05) is 30.3 Å². The van der Waals surface area contributed by atoms with Crippen LogP contribution in [0, 0.1) is 11.7 Å². The average molecular weight is 596 g/mol. The molecule has 0 saturated carbocycles. The smallest absolute Gasteiger partial charge is 0.487 e.